The molecule has 5 nitrogen and oxygen atoms in total. The molecule has 0 aromatic carbocycles. The van der Waals surface area contributed by atoms with E-state index in [1.54, 1.807) is 6.33 Å². The predicted molar refractivity (Wildman–Crippen MR) is 76.6 cm³/mol. The van der Waals surface area contributed by atoms with Crippen LogP contribution < -0.4 is 10.1 Å². The van der Waals surface area contributed by atoms with Crippen molar-refractivity contribution in [1.82, 2.24) is 14.9 Å². The zero-order valence-electron chi connectivity index (χ0n) is 12.1. The topological polar surface area (TPSA) is 50.3 Å². The number of aromatic nitrogens is 2. The van der Waals surface area contributed by atoms with E-state index in [1.807, 2.05) is 13.0 Å². The van der Waals surface area contributed by atoms with Gasteiger partial charge in [0.05, 0.1) is 6.61 Å². The van der Waals surface area contributed by atoms with Crippen molar-refractivity contribution in [2.75, 3.05) is 32.6 Å². The molecule has 1 aliphatic rings. The Kier molecular flexibility index (Phi) is 4.58. The molecule has 1 aliphatic carbocycles. The number of ether oxygens (including phenoxy) is 1. The van der Waals surface area contributed by atoms with Crippen molar-refractivity contribution >= 4 is 5.82 Å². The van der Waals surface area contributed by atoms with Crippen LogP contribution in [0.15, 0.2) is 12.4 Å². The Hall–Kier alpha value is -1.36. The van der Waals surface area contributed by atoms with Gasteiger partial charge in [-0.25, -0.2) is 9.97 Å². The molecule has 19 heavy (non-hydrogen) atoms. The normalized spacial score (nSPS) is 17.7. The van der Waals surface area contributed by atoms with Crippen molar-refractivity contribution in [2.45, 2.75) is 38.1 Å². The van der Waals surface area contributed by atoms with Gasteiger partial charge in [0.25, 0.3) is 0 Å². The average molecular weight is 264 g/mol. The van der Waals surface area contributed by atoms with Crippen molar-refractivity contribution < 1.29 is 4.74 Å². The van der Waals surface area contributed by atoms with Crippen LogP contribution in [0.4, 0.5) is 5.82 Å². The first-order chi connectivity index (χ1) is 9.16. The van der Waals surface area contributed by atoms with Crippen LogP contribution in [0.3, 0.4) is 0 Å². The highest BCUT2D eigenvalue weighted by molar-refractivity contribution is 5.37. The van der Waals surface area contributed by atoms with Crippen LogP contribution in [-0.2, 0) is 0 Å². The smallest absolute Gasteiger partial charge is 0.218 e. The van der Waals surface area contributed by atoms with Crippen molar-refractivity contribution in [1.29, 1.82) is 0 Å². The van der Waals surface area contributed by atoms with Gasteiger partial charge in [0.15, 0.2) is 0 Å². The van der Waals surface area contributed by atoms with Crippen LogP contribution in [0.2, 0.25) is 0 Å². The lowest BCUT2D eigenvalue weighted by Crippen LogP contribution is -2.47. The van der Waals surface area contributed by atoms with Gasteiger partial charge >= 0.3 is 0 Å². The minimum Gasteiger partial charge on any atom is -0.478 e. The molecule has 0 unspecified atom stereocenters. The lowest BCUT2D eigenvalue weighted by molar-refractivity contribution is 0.172. The molecule has 0 radical (unpaired) electrons. The quantitative estimate of drug-likeness (QED) is 0.853. The monoisotopic (exact) mass is 264 g/mol. The maximum Gasteiger partial charge on any atom is 0.218 e. The van der Waals surface area contributed by atoms with Crippen LogP contribution in [0.5, 0.6) is 5.88 Å². The second-order valence-electron chi connectivity index (χ2n) is 5.35. The summed E-state index contributed by atoms with van der Waals surface area (Å²) >= 11 is 0. The fourth-order valence-corrected chi connectivity index (χ4v) is 2.73. The summed E-state index contributed by atoms with van der Waals surface area (Å²) < 4.78 is 5.39. The molecule has 0 saturated heterocycles. The van der Waals surface area contributed by atoms with Gasteiger partial charge in [-0.1, -0.05) is 12.8 Å². The minimum atomic E-state index is 0.261. The Morgan fingerprint density at radius 1 is 1.32 bits per heavy atom. The highest BCUT2D eigenvalue weighted by atomic mass is 16.5. The van der Waals surface area contributed by atoms with E-state index in [0.29, 0.717) is 12.5 Å². The van der Waals surface area contributed by atoms with Crippen molar-refractivity contribution in [2.24, 2.45) is 0 Å². The summed E-state index contributed by atoms with van der Waals surface area (Å²) in [6, 6.07) is 1.86. The molecule has 1 saturated carbocycles. The van der Waals surface area contributed by atoms with Gasteiger partial charge in [-0.15, -0.1) is 0 Å². The summed E-state index contributed by atoms with van der Waals surface area (Å²) in [5.74, 6) is 1.47. The van der Waals surface area contributed by atoms with E-state index in [-0.39, 0.29) is 5.54 Å². The standard InChI is InChI=1S/C14H24N4O/c1-4-19-13-9-12(16-11-17-13)15-10-14(18(2)3)7-5-6-8-14/h9,11H,4-8,10H2,1-3H3,(H,15,16,17). The van der Waals surface area contributed by atoms with Gasteiger partial charge in [-0.05, 0) is 33.9 Å². The largest absolute Gasteiger partial charge is 0.478 e. The number of hydrogen-bond donors (Lipinski definition) is 1. The molecule has 0 amide bonds. The first-order valence-electron chi connectivity index (χ1n) is 7.02. The Morgan fingerprint density at radius 2 is 2.05 bits per heavy atom. The maximum absolute atomic E-state index is 5.39. The molecule has 1 aromatic rings. The molecule has 5 heteroatoms. The third kappa shape index (κ3) is 3.35. The summed E-state index contributed by atoms with van der Waals surface area (Å²) in [4.78, 5) is 10.7. The first kappa shape index (κ1) is 14.1. The molecule has 0 spiro atoms. The minimum absolute atomic E-state index is 0.261. The van der Waals surface area contributed by atoms with Crippen LogP contribution >= 0.6 is 0 Å². The van der Waals surface area contributed by atoms with E-state index in [9.17, 15) is 0 Å². The first-order valence-corrected chi connectivity index (χ1v) is 7.02. The second-order valence-corrected chi connectivity index (χ2v) is 5.35. The van der Waals surface area contributed by atoms with Crippen molar-refractivity contribution in [3.8, 4) is 5.88 Å². The Labute approximate surface area is 115 Å². The van der Waals surface area contributed by atoms with Crippen LogP contribution in [0.1, 0.15) is 32.6 Å². The predicted octanol–water partition coefficient (Wildman–Crippen LogP) is 2.16. The number of likely N-dealkylation sites (N-methyl/N-ethyl adjacent to an activating group) is 1. The average Bonchev–Trinajstić information content (AvgIpc) is 2.87. The Morgan fingerprint density at radius 3 is 2.68 bits per heavy atom. The molecule has 0 atom stereocenters. The van der Waals surface area contributed by atoms with E-state index >= 15 is 0 Å². The Balaban J connectivity index is 1.99. The van der Waals surface area contributed by atoms with Gasteiger partial charge in [0.1, 0.15) is 12.1 Å². The molecule has 1 aromatic heterocycles. The summed E-state index contributed by atoms with van der Waals surface area (Å²) in [6.07, 6.45) is 6.67. The van der Waals surface area contributed by atoms with E-state index in [2.05, 4.69) is 34.3 Å². The van der Waals surface area contributed by atoms with E-state index in [1.165, 1.54) is 25.7 Å². The molecule has 1 heterocycles. The van der Waals surface area contributed by atoms with Gasteiger partial charge in [-0.2, -0.15) is 0 Å². The van der Waals surface area contributed by atoms with E-state index in [0.717, 1.165) is 12.4 Å². The van der Waals surface area contributed by atoms with Crippen molar-refractivity contribution in [3.63, 3.8) is 0 Å². The Bertz CT molecular complexity index is 402. The molecule has 2 rings (SSSR count). The third-order valence-electron chi connectivity index (χ3n) is 4.02. The van der Waals surface area contributed by atoms with Crippen LogP contribution in [0.25, 0.3) is 0 Å². The molecular formula is C14H24N4O. The van der Waals surface area contributed by atoms with Crippen LogP contribution in [-0.4, -0.2) is 47.7 Å². The summed E-state index contributed by atoms with van der Waals surface area (Å²) in [6.45, 7) is 3.50. The molecular weight excluding hydrogens is 240 g/mol. The fourth-order valence-electron chi connectivity index (χ4n) is 2.73. The fraction of sp³-hybridized carbons (Fsp3) is 0.714. The number of nitrogens with one attached hydrogen (secondary N) is 1. The number of rotatable bonds is 6. The van der Waals surface area contributed by atoms with Gasteiger partial charge in [0, 0.05) is 18.2 Å². The lowest BCUT2D eigenvalue weighted by Gasteiger charge is -2.36. The highest BCUT2D eigenvalue weighted by Gasteiger charge is 2.35. The van der Waals surface area contributed by atoms with Gasteiger partial charge < -0.3 is 15.0 Å². The number of nitrogens with zero attached hydrogens (tertiary/aromatic N) is 3. The van der Waals surface area contributed by atoms with Gasteiger partial charge in [0.2, 0.25) is 5.88 Å². The molecule has 1 fully saturated rings. The third-order valence-corrected chi connectivity index (χ3v) is 4.02. The maximum atomic E-state index is 5.39. The summed E-state index contributed by atoms with van der Waals surface area (Å²) in [5, 5.41) is 3.43. The molecule has 0 aliphatic heterocycles. The SMILES string of the molecule is CCOc1cc(NCC2(N(C)C)CCCC2)ncn1. The molecule has 106 valence electrons. The lowest BCUT2D eigenvalue weighted by atomic mass is 9.96. The highest BCUT2D eigenvalue weighted by Crippen LogP contribution is 2.33. The molecule has 0 bridgehead atoms. The molecule has 1 N–H and O–H groups in total. The van der Waals surface area contributed by atoms with E-state index in [4.69, 9.17) is 4.74 Å². The zero-order valence-corrected chi connectivity index (χ0v) is 12.1. The van der Waals surface area contributed by atoms with E-state index < -0.39 is 0 Å². The van der Waals surface area contributed by atoms with Crippen LogP contribution in [0, 0.1) is 0 Å². The number of hydrogen-bond acceptors (Lipinski definition) is 5. The second kappa shape index (κ2) is 6.19. The van der Waals surface area contributed by atoms with Crippen molar-refractivity contribution in [3.05, 3.63) is 12.4 Å². The van der Waals surface area contributed by atoms with Gasteiger partial charge in [-0.3, -0.25) is 0 Å². The summed E-state index contributed by atoms with van der Waals surface area (Å²) in [5.41, 5.74) is 0.261. The zero-order chi connectivity index (χ0) is 13.7. The summed E-state index contributed by atoms with van der Waals surface area (Å²) in [7, 11) is 4.33. The number of anilines is 1.